The molecule has 0 aromatic rings. The van der Waals surface area contributed by atoms with Gasteiger partial charge in [0, 0.05) is 25.7 Å². The number of esters is 4. The van der Waals surface area contributed by atoms with Gasteiger partial charge in [0.05, 0.1) is 26.4 Å². The van der Waals surface area contributed by atoms with E-state index < -0.39 is 97.5 Å². The number of carbonyl (C=O) groups is 4. The van der Waals surface area contributed by atoms with E-state index in [-0.39, 0.29) is 25.7 Å². The van der Waals surface area contributed by atoms with Crippen LogP contribution in [0, 0.1) is 11.8 Å². The van der Waals surface area contributed by atoms with Crippen molar-refractivity contribution in [3.05, 3.63) is 24.3 Å². The van der Waals surface area contributed by atoms with Crippen molar-refractivity contribution in [3.63, 3.8) is 0 Å². The van der Waals surface area contributed by atoms with Crippen molar-refractivity contribution < 1.29 is 80.2 Å². The first-order valence-corrected chi connectivity index (χ1v) is 43.8. The van der Waals surface area contributed by atoms with Gasteiger partial charge in [-0.05, 0) is 63.2 Å². The van der Waals surface area contributed by atoms with E-state index in [1.807, 2.05) is 0 Å². The highest BCUT2D eigenvalue weighted by Gasteiger charge is 2.30. The minimum atomic E-state index is -4.97. The number of allylic oxidation sites excluding steroid dienone is 4. The van der Waals surface area contributed by atoms with Crippen LogP contribution in [0.5, 0.6) is 0 Å². The molecule has 0 bridgehead atoms. The molecule has 0 saturated heterocycles. The molecule has 3 N–H and O–H groups in total. The van der Waals surface area contributed by atoms with Gasteiger partial charge in [0.15, 0.2) is 12.2 Å². The maximum Gasteiger partial charge on any atom is 0.472 e. The fraction of sp³-hybridized carbons (Fsp3) is 0.900. The van der Waals surface area contributed by atoms with Gasteiger partial charge >= 0.3 is 39.5 Å². The van der Waals surface area contributed by atoms with E-state index in [0.29, 0.717) is 25.7 Å². The summed E-state index contributed by atoms with van der Waals surface area (Å²) >= 11 is 0. The number of hydrogen-bond donors (Lipinski definition) is 3. The molecule has 0 rings (SSSR count). The van der Waals surface area contributed by atoms with Gasteiger partial charge in [0.2, 0.25) is 0 Å². The van der Waals surface area contributed by atoms with E-state index in [2.05, 4.69) is 65.8 Å². The Morgan fingerprint density at radius 2 is 0.596 bits per heavy atom. The zero-order valence-electron chi connectivity index (χ0n) is 64.3. The number of hydrogen-bond acceptors (Lipinski definition) is 15. The summed E-state index contributed by atoms with van der Waals surface area (Å²) in [5, 5.41) is 10.6. The van der Waals surface area contributed by atoms with Gasteiger partial charge in [0.25, 0.3) is 0 Å². The average molecular weight is 1450 g/mol. The van der Waals surface area contributed by atoms with Crippen LogP contribution >= 0.6 is 15.6 Å². The van der Waals surface area contributed by atoms with Crippen molar-refractivity contribution >= 4 is 39.5 Å². The van der Waals surface area contributed by atoms with Crippen LogP contribution in [-0.4, -0.2) is 96.7 Å². The first-order valence-electron chi connectivity index (χ1n) is 40.8. The van der Waals surface area contributed by atoms with Gasteiger partial charge in [-0.2, -0.15) is 0 Å². The monoisotopic (exact) mass is 1450 g/mol. The van der Waals surface area contributed by atoms with Gasteiger partial charge in [0.1, 0.15) is 19.3 Å². The van der Waals surface area contributed by atoms with Crippen molar-refractivity contribution in [1.29, 1.82) is 0 Å². The van der Waals surface area contributed by atoms with Gasteiger partial charge in [-0.15, -0.1) is 0 Å². The fourth-order valence-electron chi connectivity index (χ4n) is 11.8. The summed E-state index contributed by atoms with van der Waals surface area (Å²) in [5.74, 6) is -0.571. The largest absolute Gasteiger partial charge is 0.472 e. The summed E-state index contributed by atoms with van der Waals surface area (Å²) in [7, 11) is -9.93. The highest BCUT2D eigenvalue weighted by atomic mass is 31.2. The van der Waals surface area contributed by atoms with Crippen LogP contribution in [0.25, 0.3) is 0 Å². The topological polar surface area (TPSA) is 237 Å². The van der Waals surface area contributed by atoms with Crippen molar-refractivity contribution in [2.75, 3.05) is 39.6 Å². The number of carbonyl (C=O) groups excluding carboxylic acids is 4. The number of aliphatic hydroxyl groups excluding tert-OH is 1. The molecule has 0 saturated carbocycles. The highest BCUT2D eigenvalue weighted by Crippen LogP contribution is 2.45. The number of aliphatic hydroxyl groups is 1. The molecule has 17 nitrogen and oxygen atoms in total. The van der Waals surface area contributed by atoms with E-state index in [1.54, 1.807) is 0 Å². The smallest absolute Gasteiger partial charge is 0.462 e. The number of rotatable bonds is 77. The summed E-state index contributed by atoms with van der Waals surface area (Å²) in [6.45, 7) is 9.58. The molecule has 0 aliphatic rings. The van der Waals surface area contributed by atoms with E-state index in [9.17, 15) is 43.2 Å². The van der Waals surface area contributed by atoms with Crippen LogP contribution in [-0.2, 0) is 65.4 Å². The van der Waals surface area contributed by atoms with E-state index in [0.717, 1.165) is 121 Å². The second-order valence-electron chi connectivity index (χ2n) is 28.8. The molecule has 0 radical (unpaired) electrons. The molecule has 0 spiro atoms. The SMILES string of the molecule is CCCCCC/C=C\C=C/CCCCCCCC(=O)OC[C@H](COP(=O)(O)OC[C@@H](O)COP(=O)(O)OC[C@@H](COC(=O)CCCCCCCCCCC(C)C)OC(=O)CCCCCCCCCCCCCCCCC)OC(=O)CCCCCCCCCCCCCCCCC(C)CC. The minimum Gasteiger partial charge on any atom is -0.462 e. The zero-order valence-corrected chi connectivity index (χ0v) is 66.1. The molecule has 0 aromatic heterocycles. The second-order valence-corrected chi connectivity index (χ2v) is 31.7. The predicted octanol–water partition coefficient (Wildman–Crippen LogP) is 23.4. The molecule has 6 atom stereocenters. The normalized spacial score (nSPS) is 14.4. The van der Waals surface area contributed by atoms with E-state index >= 15 is 0 Å². The molecule has 584 valence electrons. The maximum absolute atomic E-state index is 13.1. The summed E-state index contributed by atoms with van der Waals surface area (Å²) < 4.78 is 68.6. The molecule has 0 fully saturated rings. The Labute approximate surface area is 605 Å². The summed E-state index contributed by atoms with van der Waals surface area (Å²) in [6, 6.07) is 0. The Bertz CT molecular complexity index is 2000. The number of unbranched alkanes of at least 4 members (excludes halogenated alkanes) is 43. The van der Waals surface area contributed by atoms with Crippen molar-refractivity contribution in [3.8, 4) is 0 Å². The van der Waals surface area contributed by atoms with Gasteiger partial charge in [-0.3, -0.25) is 37.3 Å². The molecule has 3 unspecified atom stereocenters. The first-order chi connectivity index (χ1) is 47.9. The fourth-order valence-corrected chi connectivity index (χ4v) is 13.4. The van der Waals surface area contributed by atoms with Crippen LogP contribution in [0.15, 0.2) is 24.3 Å². The minimum absolute atomic E-state index is 0.101. The predicted molar refractivity (Wildman–Crippen MR) is 404 cm³/mol. The third-order valence-corrected chi connectivity index (χ3v) is 20.3. The van der Waals surface area contributed by atoms with Gasteiger partial charge < -0.3 is 33.8 Å². The van der Waals surface area contributed by atoms with Crippen LogP contribution < -0.4 is 0 Å². The van der Waals surface area contributed by atoms with Gasteiger partial charge in [-0.1, -0.05) is 342 Å². The molecule has 0 heterocycles. The van der Waals surface area contributed by atoms with Crippen LogP contribution in [0.4, 0.5) is 0 Å². The molecular weight excluding hydrogens is 1290 g/mol. The van der Waals surface area contributed by atoms with Crippen molar-refractivity contribution in [1.82, 2.24) is 0 Å². The van der Waals surface area contributed by atoms with Crippen LogP contribution in [0.3, 0.4) is 0 Å². The van der Waals surface area contributed by atoms with Crippen molar-refractivity contribution in [2.45, 2.75) is 413 Å². The molecule has 0 aliphatic heterocycles. The Morgan fingerprint density at radius 3 is 0.909 bits per heavy atom. The lowest BCUT2D eigenvalue weighted by molar-refractivity contribution is -0.161. The van der Waals surface area contributed by atoms with Crippen LogP contribution in [0.1, 0.15) is 395 Å². The maximum atomic E-state index is 13.1. The number of ether oxygens (including phenoxy) is 4. The lowest BCUT2D eigenvalue weighted by Crippen LogP contribution is -2.30. The molecule has 99 heavy (non-hydrogen) atoms. The molecule has 0 amide bonds. The highest BCUT2D eigenvalue weighted by molar-refractivity contribution is 7.47. The third kappa shape index (κ3) is 72.3. The molecule has 0 aromatic carbocycles. The Kier molecular flexibility index (Phi) is 69.4. The molecule has 0 aliphatic carbocycles. The Hall–Kier alpha value is -2.46. The Balaban J connectivity index is 5.29. The summed E-state index contributed by atoms with van der Waals surface area (Å²) in [4.78, 5) is 73.0. The first kappa shape index (κ1) is 96.5. The quantitative estimate of drug-likeness (QED) is 0.0169. The third-order valence-electron chi connectivity index (χ3n) is 18.4. The standard InChI is InChI=1S/C80H152O17P2/c1-7-10-12-14-16-18-20-22-24-29-33-37-44-50-56-62-77(82)90-68-75(96-79(84)65-59-53-47-39-35-31-27-26-28-32-36-43-49-55-61-73(6)9-3)70-94-98(86,87)92-66-74(81)67-93-99(88,89)95-71-76(69-91-78(83)63-57-51-45-41-40-42-48-54-60-72(4)5)97-80(85)64-58-52-46-38-34-30-25-23-21-19-17-15-13-11-8-2/h18,20,22,24,72-76,81H,7-17,19,21,23,25-71H2,1-6H3,(H,86,87)(H,88,89)/b20-18-,24-22-/t73?,74-,75-,76-/m1/s1. The van der Waals surface area contributed by atoms with E-state index in [1.165, 1.54) is 193 Å². The zero-order chi connectivity index (χ0) is 72.8. The summed E-state index contributed by atoms with van der Waals surface area (Å²) in [6.07, 6.45) is 63.1. The number of phosphoric acid groups is 2. The van der Waals surface area contributed by atoms with E-state index in [4.69, 9.17) is 37.0 Å². The Morgan fingerprint density at radius 1 is 0.333 bits per heavy atom. The van der Waals surface area contributed by atoms with Gasteiger partial charge in [-0.25, -0.2) is 9.13 Å². The van der Waals surface area contributed by atoms with Crippen molar-refractivity contribution in [2.24, 2.45) is 11.8 Å². The lowest BCUT2D eigenvalue weighted by atomic mass is 9.99. The molecule has 19 heteroatoms. The lowest BCUT2D eigenvalue weighted by Gasteiger charge is -2.21. The second kappa shape index (κ2) is 71.2. The van der Waals surface area contributed by atoms with Crippen LogP contribution in [0.2, 0.25) is 0 Å². The average Bonchev–Trinajstić information content (AvgIpc) is 1.03. The molecular formula is C80H152O17P2. The summed E-state index contributed by atoms with van der Waals surface area (Å²) in [5.41, 5.74) is 0. The number of phosphoric ester groups is 2.